The summed E-state index contributed by atoms with van der Waals surface area (Å²) in [6.45, 7) is 4.61. The molecule has 0 aromatic carbocycles. The molecule has 0 N–H and O–H groups in total. The Labute approximate surface area is 149 Å². The minimum absolute atomic E-state index is 0.174. The monoisotopic (exact) mass is 342 g/mol. The van der Waals surface area contributed by atoms with Gasteiger partial charge in [-0.1, -0.05) is 103 Å². The van der Waals surface area contributed by atoms with Gasteiger partial charge in [0.25, 0.3) is 0 Å². The van der Waals surface area contributed by atoms with E-state index in [1.54, 1.807) is 6.92 Å². The maximum atomic E-state index is 11.3. The summed E-state index contributed by atoms with van der Waals surface area (Å²) >= 11 is 4.88. The molecule has 0 atom stereocenters. The SMILES string of the molecule is CCCCCCCCCCCCCCCCOC(=O)CC(C)=S. The second kappa shape index (κ2) is 17.9. The number of carbonyl (C=O) groups is 1. The van der Waals surface area contributed by atoms with Crippen LogP contribution in [0.15, 0.2) is 0 Å². The van der Waals surface area contributed by atoms with E-state index in [2.05, 4.69) is 6.92 Å². The maximum Gasteiger partial charge on any atom is 0.310 e. The van der Waals surface area contributed by atoms with Crippen molar-refractivity contribution in [1.29, 1.82) is 0 Å². The third-order valence-corrected chi connectivity index (χ3v) is 4.30. The summed E-state index contributed by atoms with van der Waals surface area (Å²) in [4.78, 5) is 12.0. The molecule has 0 bridgehead atoms. The molecule has 0 unspecified atom stereocenters. The highest BCUT2D eigenvalue weighted by atomic mass is 32.1. The largest absolute Gasteiger partial charge is 0.465 e. The molecule has 0 heterocycles. The molecule has 0 aliphatic carbocycles. The van der Waals surface area contributed by atoms with E-state index in [-0.39, 0.29) is 12.4 Å². The second-order valence-corrected chi connectivity index (χ2v) is 7.39. The summed E-state index contributed by atoms with van der Waals surface area (Å²) in [5, 5.41) is 0. The zero-order chi connectivity index (χ0) is 17.2. The van der Waals surface area contributed by atoms with Gasteiger partial charge < -0.3 is 4.74 Å². The Kier molecular flexibility index (Phi) is 17.6. The quantitative estimate of drug-likeness (QED) is 0.165. The first-order chi connectivity index (χ1) is 11.2. The van der Waals surface area contributed by atoms with E-state index < -0.39 is 0 Å². The topological polar surface area (TPSA) is 26.3 Å². The van der Waals surface area contributed by atoms with E-state index >= 15 is 0 Å². The summed E-state index contributed by atoms with van der Waals surface area (Å²) in [6, 6.07) is 0. The van der Waals surface area contributed by atoms with Crippen LogP contribution in [0.3, 0.4) is 0 Å². The van der Waals surface area contributed by atoms with E-state index in [0.29, 0.717) is 11.5 Å². The molecule has 0 saturated carbocycles. The van der Waals surface area contributed by atoms with Crippen molar-refractivity contribution >= 4 is 23.1 Å². The third-order valence-electron chi connectivity index (χ3n) is 4.15. The lowest BCUT2D eigenvalue weighted by molar-refractivity contribution is -0.142. The van der Waals surface area contributed by atoms with Gasteiger partial charge in [-0.15, -0.1) is 0 Å². The number of ether oxygens (including phenoxy) is 1. The molecule has 3 heteroatoms. The van der Waals surface area contributed by atoms with Crippen molar-refractivity contribution in [3.05, 3.63) is 0 Å². The normalized spacial score (nSPS) is 10.7. The van der Waals surface area contributed by atoms with Crippen molar-refractivity contribution in [2.45, 2.75) is 110 Å². The molecular weight excluding hydrogens is 304 g/mol. The van der Waals surface area contributed by atoms with E-state index in [1.807, 2.05) is 0 Å². The Morgan fingerprint density at radius 2 is 1.13 bits per heavy atom. The molecule has 23 heavy (non-hydrogen) atoms. The highest BCUT2D eigenvalue weighted by Gasteiger charge is 2.03. The molecule has 136 valence electrons. The predicted molar refractivity (Wildman–Crippen MR) is 104 cm³/mol. The Bertz CT molecular complexity index is 289. The molecular formula is C20H38O2S. The smallest absolute Gasteiger partial charge is 0.310 e. The highest BCUT2D eigenvalue weighted by molar-refractivity contribution is 7.80. The molecule has 0 amide bonds. The fraction of sp³-hybridized carbons (Fsp3) is 0.900. The summed E-state index contributed by atoms with van der Waals surface area (Å²) in [7, 11) is 0. The number of rotatable bonds is 17. The number of unbranched alkanes of at least 4 members (excludes halogenated alkanes) is 13. The van der Waals surface area contributed by atoms with Crippen molar-refractivity contribution in [3.8, 4) is 0 Å². The molecule has 0 fully saturated rings. The zero-order valence-corrected chi connectivity index (χ0v) is 16.4. The summed E-state index contributed by atoms with van der Waals surface area (Å²) in [6.07, 6.45) is 19.1. The van der Waals surface area contributed by atoms with Crippen LogP contribution in [0.1, 0.15) is 110 Å². The number of carbonyl (C=O) groups excluding carboxylic acids is 1. The van der Waals surface area contributed by atoms with Gasteiger partial charge in [0.05, 0.1) is 13.0 Å². The van der Waals surface area contributed by atoms with Crippen LogP contribution in [-0.4, -0.2) is 17.4 Å². The minimum Gasteiger partial charge on any atom is -0.465 e. The first-order valence-electron chi connectivity index (χ1n) is 9.82. The van der Waals surface area contributed by atoms with Gasteiger partial charge in [0.15, 0.2) is 0 Å². The van der Waals surface area contributed by atoms with Gasteiger partial charge in [-0.3, -0.25) is 4.79 Å². The summed E-state index contributed by atoms with van der Waals surface area (Å²) in [5.41, 5.74) is 0. The number of esters is 1. The fourth-order valence-corrected chi connectivity index (χ4v) is 2.85. The molecule has 0 aromatic rings. The molecule has 0 aliphatic rings. The predicted octanol–water partition coefficient (Wildman–Crippen LogP) is 6.79. The Hall–Kier alpha value is -0.440. The van der Waals surface area contributed by atoms with Gasteiger partial charge >= 0.3 is 5.97 Å². The Morgan fingerprint density at radius 3 is 1.52 bits per heavy atom. The van der Waals surface area contributed by atoms with E-state index in [4.69, 9.17) is 17.0 Å². The Morgan fingerprint density at radius 1 is 0.739 bits per heavy atom. The summed E-state index contributed by atoms with van der Waals surface area (Å²) in [5.74, 6) is -0.174. The highest BCUT2D eigenvalue weighted by Crippen LogP contribution is 2.12. The van der Waals surface area contributed by atoms with Gasteiger partial charge in [-0.05, 0) is 13.3 Å². The van der Waals surface area contributed by atoms with Gasteiger partial charge in [0.2, 0.25) is 0 Å². The van der Waals surface area contributed by atoms with Crippen molar-refractivity contribution in [3.63, 3.8) is 0 Å². The molecule has 0 spiro atoms. The minimum atomic E-state index is -0.174. The number of hydrogen-bond donors (Lipinski definition) is 0. The molecule has 0 saturated heterocycles. The van der Waals surface area contributed by atoms with Gasteiger partial charge in [0, 0.05) is 4.86 Å². The molecule has 0 aliphatic heterocycles. The van der Waals surface area contributed by atoms with Gasteiger partial charge in [-0.2, -0.15) is 0 Å². The number of thiocarbonyl (C=S) groups is 1. The average Bonchev–Trinajstić information content (AvgIpc) is 2.50. The third kappa shape index (κ3) is 19.5. The number of hydrogen-bond acceptors (Lipinski definition) is 3. The van der Waals surface area contributed by atoms with Crippen molar-refractivity contribution in [1.82, 2.24) is 0 Å². The lowest BCUT2D eigenvalue weighted by Crippen LogP contribution is -2.08. The van der Waals surface area contributed by atoms with E-state index in [1.165, 1.54) is 83.5 Å². The molecule has 0 radical (unpaired) electrons. The zero-order valence-electron chi connectivity index (χ0n) is 15.5. The summed E-state index contributed by atoms with van der Waals surface area (Å²) < 4.78 is 5.13. The van der Waals surface area contributed by atoms with Crippen LogP contribution < -0.4 is 0 Å². The lowest BCUT2D eigenvalue weighted by Gasteiger charge is -2.05. The standard InChI is InChI=1S/C20H38O2S/c1-3-4-5-6-7-8-9-10-11-12-13-14-15-16-17-22-20(21)18-19(2)23/h3-18H2,1-2H3. The second-order valence-electron chi connectivity index (χ2n) is 6.70. The molecule has 0 aromatic heterocycles. The van der Waals surface area contributed by atoms with Gasteiger partial charge in [0.1, 0.15) is 0 Å². The van der Waals surface area contributed by atoms with E-state index in [9.17, 15) is 4.79 Å². The van der Waals surface area contributed by atoms with Crippen LogP contribution in [0.4, 0.5) is 0 Å². The van der Waals surface area contributed by atoms with Crippen LogP contribution in [-0.2, 0) is 9.53 Å². The van der Waals surface area contributed by atoms with Crippen LogP contribution in [0.25, 0.3) is 0 Å². The molecule has 0 rings (SSSR count). The van der Waals surface area contributed by atoms with Crippen LogP contribution in [0.2, 0.25) is 0 Å². The lowest BCUT2D eigenvalue weighted by atomic mass is 10.0. The first-order valence-corrected chi connectivity index (χ1v) is 10.2. The van der Waals surface area contributed by atoms with Gasteiger partial charge in [-0.25, -0.2) is 0 Å². The van der Waals surface area contributed by atoms with Crippen molar-refractivity contribution < 1.29 is 9.53 Å². The Balaban J connectivity index is 3.08. The van der Waals surface area contributed by atoms with Crippen LogP contribution in [0.5, 0.6) is 0 Å². The average molecular weight is 343 g/mol. The van der Waals surface area contributed by atoms with Crippen molar-refractivity contribution in [2.24, 2.45) is 0 Å². The first kappa shape index (κ1) is 22.6. The van der Waals surface area contributed by atoms with Crippen LogP contribution in [0, 0.1) is 0 Å². The molecule has 2 nitrogen and oxygen atoms in total. The van der Waals surface area contributed by atoms with Crippen molar-refractivity contribution in [2.75, 3.05) is 6.61 Å². The maximum absolute atomic E-state index is 11.3. The van der Waals surface area contributed by atoms with Crippen LogP contribution >= 0.6 is 12.2 Å². The fourth-order valence-electron chi connectivity index (χ4n) is 2.74. The van der Waals surface area contributed by atoms with E-state index in [0.717, 1.165) is 6.42 Å².